The third-order valence-electron chi connectivity index (χ3n) is 10.8. The van der Waals surface area contributed by atoms with Gasteiger partial charge < -0.3 is 20.1 Å². The number of amides is 1. The van der Waals surface area contributed by atoms with E-state index in [-0.39, 0.29) is 28.9 Å². The number of sulfonamides is 1. The molecule has 6 rings (SSSR count). The fourth-order valence-corrected chi connectivity index (χ4v) is 9.37. The number of nitrogens with zero attached hydrogens (tertiary/aromatic N) is 1. The van der Waals surface area contributed by atoms with Crippen molar-refractivity contribution < 1.29 is 23.1 Å². The number of hydrogen-bond acceptors (Lipinski definition) is 7. The van der Waals surface area contributed by atoms with Crippen LogP contribution in [0.1, 0.15) is 73.9 Å². The van der Waals surface area contributed by atoms with Crippen LogP contribution in [0.3, 0.4) is 0 Å². The number of halogens is 1. The van der Waals surface area contributed by atoms with E-state index in [1.54, 1.807) is 25.1 Å². The first kappa shape index (κ1) is 30.7. The van der Waals surface area contributed by atoms with Gasteiger partial charge in [0.2, 0.25) is 10.0 Å². The van der Waals surface area contributed by atoms with Gasteiger partial charge in [-0.2, -0.15) is 0 Å². The number of aliphatic hydroxyl groups excluding tert-OH is 1. The van der Waals surface area contributed by atoms with Crippen molar-refractivity contribution in [1.29, 1.82) is 0 Å². The molecule has 2 aliphatic heterocycles. The normalized spacial score (nSPS) is 34.2. The van der Waals surface area contributed by atoms with Crippen LogP contribution in [0, 0.1) is 17.8 Å². The molecule has 0 saturated heterocycles. The van der Waals surface area contributed by atoms with Crippen LogP contribution < -0.4 is 19.7 Å². The molecule has 2 aromatic rings. The Morgan fingerprint density at radius 2 is 1.95 bits per heavy atom. The van der Waals surface area contributed by atoms with Crippen molar-refractivity contribution in [2.75, 3.05) is 31.6 Å². The van der Waals surface area contributed by atoms with E-state index in [2.05, 4.69) is 27.1 Å². The summed E-state index contributed by atoms with van der Waals surface area (Å²) in [5.41, 5.74) is 3.34. The second kappa shape index (κ2) is 11.9. The van der Waals surface area contributed by atoms with Crippen molar-refractivity contribution in [2.24, 2.45) is 17.8 Å². The van der Waals surface area contributed by atoms with Crippen LogP contribution in [0.2, 0.25) is 5.02 Å². The molecule has 1 spiro atoms. The highest BCUT2D eigenvalue weighted by molar-refractivity contribution is 7.90. The molecular formula is C33H44ClN3O5S. The maximum atomic E-state index is 13.4. The average molecular weight is 630 g/mol. The van der Waals surface area contributed by atoms with Crippen molar-refractivity contribution in [3.8, 4) is 5.75 Å². The molecule has 4 aliphatic rings. The molecule has 0 aromatic heterocycles. The summed E-state index contributed by atoms with van der Waals surface area (Å²) in [6, 6.07) is 11.4. The third kappa shape index (κ3) is 5.90. The molecule has 2 bridgehead atoms. The van der Waals surface area contributed by atoms with Crippen LogP contribution in [0.25, 0.3) is 0 Å². The molecule has 2 heterocycles. The maximum absolute atomic E-state index is 13.4. The monoisotopic (exact) mass is 629 g/mol. The number of aryl methyl sites for hydroxylation is 1. The predicted octanol–water partition coefficient (Wildman–Crippen LogP) is 4.67. The fraction of sp³-hybridized carbons (Fsp3) is 0.606. The standard InChI is InChI=1S/C33H44ClN3O5S/c1-20-13-26(35-3)16-30(38)27-9-6-24(27)17-37-18-33(12-4-5-22-14-25(34)8-10-28(22)33)19-42-31-11-7-23(15-29(31)37)32(39)36-43(40,41)21(20)2/h7-8,10-11,14-15,20-21,24,26-27,30,35,38H,4-6,9,12-13,16-19H2,1-3H3,(H,36,39)/t20-,21+,24-,26+,27+,30+,33-/m0/s1. The summed E-state index contributed by atoms with van der Waals surface area (Å²) >= 11 is 6.40. The summed E-state index contributed by atoms with van der Waals surface area (Å²) in [5, 5.41) is 14.7. The highest BCUT2D eigenvalue weighted by atomic mass is 35.5. The van der Waals surface area contributed by atoms with E-state index in [0.29, 0.717) is 37.7 Å². The van der Waals surface area contributed by atoms with Gasteiger partial charge in [-0.15, -0.1) is 0 Å². The number of rotatable bonds is 1. The van der Waals surface area contributed by atoms with Gasteiger partial charge in [0.05, 0.1) is 23.6 Å². The lowest BCUT2D eigenvalue weighted by Crippen LogP contribution is -2.50. The number of hydrogen-bond donors (Lipinski definition) is 3. The number of fused-ring (bicyclic) bond motifs is 4. The Kier molecular flexibility index (Phi) is 8.48. The zero-order chi connectivity index (χ0) is 30.5. The number of anilines is 1. The molecule has 8 nitrogen and oxygen atoms in total. The van der Waals surface area contributed by atoms with Crippen LogP contribution >= 0.6 is 11.6 Å². The molecule has 2 aliphatic carbocycles. The van der Waals surface area contributed by atoms with Gasteiger partial charge in [0.15, 0.2) is 0 Å². The quantitative estimate of drug-likeness (QED) is 0.421. The molecule has 1 amide bonds. The third-order valence-corrected chi connectivity index (χ3v) is 13.0. The summed E-state index contributed by atoms with van der Waals surface area (Å²) in [6.45, 7) is 5.47. The number of nitrogens with one attached hydrogen (secondary N) is 2. The molecular weight excluding hydrogens is 586 g/mol. The smallest absolute Gasteiger partial charge is 0.264 e. The van der Waals surface area contributed by atoms with E-state index in [0.717, 1.165) is 49.4 Å². The van der Waals surface area contributed by atoms with Crippen molar-refractivity contribution >= 4 is 33.2 Å². The summed E-state index contributed by atoms with van der Waals surface area (Å²) in [7, 11) is -2.07. The zero-order valence-electron chi connectivity index (χ0n) is 25.3. The summed E-state index contributed by atoms with van der Waals surface area (Å²) in [4.78, 5) is 15.8. The average Bonchev–Trinajstić information content (AvgIpc) is 3.10. The van der Waals surface area contributed by atoms with Gasteiger partial charge in [0.1, 0.15) is 5.75 Å². The molecule has 0 unspecified atom stereocenters. The van der Waals surface area contributed by atoms with E-state index in [1.807, 2.05) is 20.0 Å². The lowest BCUT2D eigenvalue weighted by molar-refractivity contribution is 0.00355. The topological polar surface area (TPSA) is 108 Å². The first-order valence-corrected chi connectivity index (χ1v) is 17.6. The Bertz CT molecular complexity index is 1480. The molecule has 7 atom stereocenters. The van der Waals surface area contributed by atoms with Crippen LogP contribution in [0.15, 0.2) is 36.4 Å². The number of ether oxygens (including phenoxy) is 1. The Morgan fingerprint density at radius 3 is 2.70 bits per heavy atom. The maximum Gasteiger partial charge on any atom is 0.264 e. The molecule has 10 heteroatoms. The summed E-state index contributed by atoms with van der Waals surface area (Å²) in [5.74, 6) is 0.291. The van der Waals surface area contributed by atoms with Gasteiger partial charge >= 0.3 is 0 Å². The summed E-state index contributed by atoms with van der Waals surface area (Å²) < 4.78 is 35.5. The van der Waals surface area contributed by atoms with Gasteiger partial charge in [-0.3, -0.25) is 4.79 Å². The molecule has 234 valence electrons. The summed E-state index contributed by atoms with van der Waals surface area (Å²) in [6.07, 6.45) is 5.62. The van der Waals surface area contributed by atoms with Crippen LogP contribution in [-0.2, 0) is 21.9 Å². The SMILES string of the molecule is CN[C@H]1C[C@@H](O)[C@@H]2CC[C@H]2CN2C[C@@]3(CCCc4cc(Cl)ccc43)COc3ccc(cc32)C(=O)NS(=O)(=O)[C@H](C)[C@@H](C)C1. The van der Waals surface area contributed by atoms with Crippen LogP contribution in [0.5, 0.6) is 5.75 Å². The van der Waals surface area contributed by atoms with Crippen LogP contribution in [0.4, 0.5) is 5.69 Å². The molecule has 1 saturated carbocycles. The van der Waals surface area contributed by atoms with Gasteiger partial charge in [-0.25, -0.2) is 13.1 Å². The minimum Gasteiger partial charge on any atom is -0.490 e. The number of carbonyl (C=O) groups excluding carboxylic acids is 1. The Morgan fingerprint density at radius 1 is 1.14 bits per heavy atom. The lowest BCUT2D eigenvalue weighted by atomic mass is 9.68. The molecule has 3 N–H and O–H groups in total. The molecule has 1 fully saturated rings. The Labute approximate surface area is 260 Å². The largest absolute Gasteiger partial charge is 0.490 e. The van der Waals surface area contributed by atoms with Gasteiger partial charge in [-0.05, 0) is 118 Å². The number of carbonyl (C=O) groups is 1. The zero-order valence-corrected chi connectivity index (χ0v) is 26.9. The second-order valence-electron chi connectivity index (χ2n) is 13.5. The highest BCUT2D eigenvalue weighted by Gasteiger charge is 2.45. The molecule has 2 aromatic carbocycles. The fourth-order valence-electron chi connectivity index (χ4n) is 7.89. The van der Waals surface area contributed by atoms with Crippen LogP contribution in [-0.4, -0.2) is 63.6 Å². The minimum atomic E-state index is -3.94. The second-order valence-corrected chi connectivity index (χ2v) is 15.9. The van der Waals surface area contributed by atoms with Crippen molar-refractivity contribution in [3.05, 3.63) is 58.1 Å². The lowest BCUT2D eigenvalue weighted by Gasteiger charge is -2.46. The van der Waals surface area contributed by atoms with E-state index >= 15 is 0 Å². The van der Waals surface area contributed by atoms with E-state index in [4.69, 9.17) is 16.3 Å². The van der Waals surface area contributed by atoms with E-state index < -0.39 is 27.3 Å². The van der Waals surface area contributed by atoms with Gasteiger partial charge in [-0.1, -0.05) is 24.6 Å². The first-order valence-electron chi connectivity index (χ1n) is 15.7. The van der Waals surface area contributed by atoms with Crippen molar-refractivity contribution in [2.45, 2.75) is 81.6 Å². The van der Waals surface area contributed by atoms with E-state index in [9.17, 15) is 18.3 Å². The van der Waals surface area contributed by atoms with Gasteiger partial charge in [0, 0.05) is 35.1 Å². The highest BCUT2D eigenvalue weighted by Crippen LogP contribution is 2.47. The first-order chi connectivity index (χ1) is 20.5. The van der Waals surface area contributed by atoms with E-state index in [1.165, 1.54) is 11.1 Å². The molecule has 0 radical (unpaired) electrons. The predicted molar refractivity (Wildman–Crippen MR) is 170 cm³/mol. The van der Waals surface area contributed by atoms with Gasteiger partial charge in [0.25, 0.3) is 5.91 Å². The van der Waals surface area contributed by atoms with Crippen molar-refractivity contribution in [3.63, 3.8) is 0 Å². The number of aliphatic hydroxyl groups is 1. The number of benzene rings is 2. The molecule has 43 heavy (non-hydrogen) atoms. The van der Waals surface area contributed by atoms with Crippen molar-refractivity contribution in [1.82, 2.24) is 10.0 Å². The minimum absolute atomic E-state index is 0.0349. The Hall–Kier alpha value is -2.33. The Balaban J connectivity index is 1.42.